The van der Waals surface area contributed by atoms with Crippen molar-refractivity contribution in [3.63, 3.8) is 0 Å². The van der Waals surface area contributed by atoms with Crippen LogP contribution in [0.3, 0.4) is 0 Å². The van der Waals surface area contributed by atoms with Crippen molar-refractivity contribution in [1.82, 2.24) is 5.32 Å². The maximum atomic E-state index is 12.1. The molecule has 0 fully saturated rings. The number of hydrogen-bond donors (Lipinski definition) is 2. The molecule has 7 heteroatoms. The van der Waals surface area contributed by atoms with Crippen LogP contribution in [0.25, 0.3) is 0 Å². The first kappa shape index (κ1) is 16.3. The molecule has 1 rings (SSSR count). The quantitative estimate of drug-likeness (QED) is 0.574. The molecule has 0 spiro atoms. The Morgan fingerprint density at radius 3 is 2.70 bits per heavy atom. The van der Waals surface area contributed by atoms with Crippen molar-refractivity contribution in [2.45, 2.75) is 13.3 Å². The largest absolute Gasteiger partial charge is 0.493 e. The number of carbonyl (C=O) groups is 1. The Hall–Kier alpha value is -1.76. The lowest BCUT2D eigenvalue weighted by atomic mass is 10.1. The molecule has 0 saturated heterocycles. The molecule has 3 N–H and O–H groups in total. The van der Waals surface area contributed by atoms with Gasteiger partial charge in [0.1, 0.15) is 21.2 Å². The van der Waals surface area contributed by atoms with Crippen LogP contribution in [0.5, 0.6) is 5.75 Å². The molecule has 0 aliphatic heterocycles. The number of ether oxygens (including phenoxy) is 1. The Kier molecular flexibility index (Phi) is 5.82. The molecule has 1 amide bonds. The average Bonchev–Trinajstić information content (AvgIpc) is 2.34. The molecular weight excluding hydrogens is 280 g/mol. The van der Waals surface area contributed by atoms with Gasteiger partial charge in [-0.25, -0.2) is 8.42 Å². The molecular formula is C13H20N2O4S. The van der Waals surface area contributed by atoms with Gasteiger partial charge in [0.05, 0.1) is 12.4 Å². The van der Waals surface area contributed by atoms with Crippen LogP contribution < -0.4 is 15.8 Å². The predicted octanol–water partition coefficient (Wildman–Crippen LogP) is 0.832. The first-order valence-electron chi connectivity index (χ1n) is 6.32. The SMILES string of the molecule is CCOc1cccc(N)c1C(=O)NCCCS(C)(=O)=O. The summed E-state index contributed by atoms with van der Waals surface area (Å²) in [6, 6.07) is 5.00. The highest BCUT2D eigenvalue weighted by Crippen LogP contribution is 2.24. The number of carbonyl (C=O) groups excluding carboxylic acids is 1. The third-order valence-corrected chi connectivity index (χ3v) is 3.59. The Morgan fingerprint density at radius 1 is 1.40 bits per heavy atom. The van der Waals surface area contributed by atoms with Crippen molar-refractivity contribution in [3.05, 3.63) is 23.8 Å². The van der Waals surface area contributed by atoms with E-state index in [1.807, 2.05) is 6.92 Å². The van der Waals surface area contributed by atoms with Crippen LogP contribution in [-0.4, -0.2) is 39.5 Å². The Labute approximate surface area is 119 Å². The van der Waals surface area contributed by atoms with Crippen molar-refractivity contribution < 1.29 is 17.9 Å². The monoisotopic (exact) mass is 300 g/mol. The van der Waals surface area contributed by atoms with Gasteiger partial charge < -0.3 is 15.8 Å². The summed E-state index contributed by atoms with van der Waals surface area (Å²) in [5, 5.41) is 2.65. The molecule has 0 atom stereocenters. The zero-order chi connectivity index (χ0) is 15.2. The van der Waals surface area contributed by atoms with Crippen LogP contribution >= 0.6 is 0 Å². The van der Waals surface area contributed by atoms with Crippen LogP contribution in [0.2, 0.25) is 0 Å². The number of nitrogens with two attached hydrogens (primary N) is 1. The van der Waals surface area contributed by atoms with E-state index in [2.05, 4.69) is 5.32 Å². The molecule has 0 radical (unpaired) electrons. The summed E-state index contributed by atoms with van der Waals surface area (Å²) < 4.78 is 27.3. The second kappa shape index (κ2) is 7.14. The van der Waals surface area contributed by atoms with E-state index >= 15 is 0 Å². The molecule has 0 aliphatic carbocycles. The molecule has 0 unspecified atom stereocenters. The molecule has 0 bridgehead atoms. The summed E-state index contributed by atoms with van der Waals surface area (Å²) in [5.41, 5.74) is 6.41. The lowest BCUT2D eigenvalue weighted by molar-refractivity contribution is 0.0951. The van der Waals surface area contributed by atoms with Gasteiger partial charge in [-0.1, -0.05) is 6.07 Å². The Bertz CT molecular complexity index is 570. The molecule has 0 aliphatic rings. The van der Waals surface area contributed by atoms with Gasteiger partial charge in [-0.2, -0.15) is 0 Å². The molecule has 112 valence electrons. The standard InChI is InChI=1S/C13H20N2O4S/c1-3-19-11-7-4-6-10(14)12(11)13(16)15-8-5-9-20(2,17)18/h4,6-7H,3,5,8-9,14H2,1-2H3,(H,15,16). The van der Waals surface area contributed by atoms with Crippen molar-refractivity contribution in [2.24, 2.45) is 0 Å². The first-order valence-corrected chi connectivity index (χ1v) is 8.38. The van der Waals surface area contributed by atoms with Crippen LogP contribution in [0, 0.1) is 0 Å². The maximum Gasteiger partial charge on any atom is 0.257 e. The lowest BCUT2D eigenvalue weighted by Gasteiger charge is -2.12. The van der Waals surface area contributed by atoms with Gasteiger partial charge >= 0.3 is 0 Å². The van der Waals surface area contributed by atoms with E-state index in [9.17, 15) is 13.2 Å². The van der Waals surface area contributed by atoms with E-state index in [0.29, 0.717) is 24.5 Å². The molecule has 20 heavy (non-hydrogen) atoms. The van der Waals surface area contributed by atoms with E-state index in [4.69, 9.17) is 10.5 Å². The molecule has 1 aromatic carbocycles. The smallest absolute Gasteiger partial charge is 0.257 e. The summed E-state index contributed by atoms with van der Waals surface area (Å²) in [7, 11) is -3.01. The molecule has 0 aromatic heterocycles. The fourth-order valence-electron chi connectivity index (χ4n) is 1.69. The second-order valence-corrected chi connectivity index (χ2v) is 6.65. The van der Waals surface area contributed by atoms with E-state index < -0.39 is 9.84 Å². The normalized spacial score (nSPS) is 11.1. The van der Waals surface area contributed by atoms with Crippen molar-refractivity contribution >= 4 is 21.4 Å². The predicted molar refractivity (Wildman–Crippen MR) is 78.7 cm³/mol. The van der Waals surface area contributed by atoms with Crippen LogP contribution in [0.1, 0.15) is 23.7 Å². The van der Waals surface area contributed by atoms with E-state index in [-0.39, 0.29) is 23.8 Å². The third kappa shape index (κ3) is 5.08. The fourth-order valence-corrected chi connectivity index (χ4v) is 2.36. The van der Waals surface area contributed by atoms with Crippen molar-refractivity contribution in [2.75, 3.05) is 30.9 Å². The van der Waals surface area contributed by atoms with Crippen LogP contribution in [0.4, 0.5) is 5.69 Å². The van der Waals surface area contributed by atoms with Gasteiger partial charge in [0.2, 0.25) is 0 Å². The number of sulfone groups is 1. The minimum Gasteiger partial charge on any atom is -0.493 e. The summed E-state index contributed by atoms with van der Waals surface area (Å²) in [5.74, 6) is 0.101. The minimum absolute atomic E-state index is 0.0376. The van der Waals surface area contributed by atoms with Gasteiger partial charge in [-0.05, 0) is 25.5 Å². The number of benzene rings is 1. The molecule has 1 aromatic rings. The highest BCUT2D eigenvalue weighted by molar-refractivity contribution is 7.90. The minimum atomic E-state index is -3.01. The third-order valence-electron chi connectivity index (χ3n) is 2.56. The Balaban J connectivity index is 2.68. The van der Waals surface area contributed by atoms with Crippen molar-refractivity contribution in [1.29, 1.82) is 0 Å². The van der Waals surface area contributed by atoms with Crippen LogP contribution in [0.15, 0.2) is 18.2 Å². The highest BCUT2D eigenvalue weighted by Gasteiger charge is 2.15. The van der Waals surface area contributed by atoms with Gasteiger partial charge in [0.25, 0.3) is 5.91 Å². The number of nitrogen functional groups attached to an aromatic ring is 1. The average molecular weight is 300 g/mol. The second-order valence-electron chi connectivity index (χ2n) is 4.39. The fraction of sp³-hybridized carbons (Fsp3) is 0.462. The maximum absolute atomic E-state index is 12.1. The van der Waals surface area contributed by atoms with Crippen molar-refractivity contribution in [3.8, 4) is 5.75 Å². The Morgan fingerprint density at radius 2 is 2.10 bits per heavy atom. The molecule has 6 nitrogen and oxygen atoms in total. The number of hydrogen-bond acceptors (Lipinski definition) is 5. The number of anilines is 1. The summed E-state index contributed by atoms with van der Waals surface area (Å²) >= 11 is 0. The van der Waals surface area contributed by atoms with E-state index in [1.165, 1.54) is 0 Å². The number of nitrogens with one attached hydrogen (secondary N) is 1. The summed E-state index contributed by atoms with van der Waals surface area (Å²) in [4.78, 5) is 12.1. The first-order chi connectivity index (χ1) is 9.35. The van der Waals surface area contributed by atoms with Gasteiger partial charge in [0, 0.05) is 18.5 Å². The lowest BCUT2D eigenvalue weighted by Crippen LogP contribution is -2.27. The highest BCUT2D eigenvalue weighted by atomic mass is 32.2. The zero-order valence-corrected chi connectivity index (χ0v) is 12.5. The van der Waals surface area contributed by atoms with Crippen LogP contribution in [-0.2, 0) is 9.84 Å². The summed E-state index contributed by atoms with van der Waals surface area (Å²) in [6.45, 7) is 2.51. The topological polar surface area (TPSA) is 98.5 Å². The van der Waals surface area contributed by atoms with E-state index in [0.717, 1.165) is 6.26 Å². The molecule has 0 saturated carbocycles. The number of rotatable bonds is 7. The van der Waals surface area contributed by atoms with Gasteiger partial charge in [-0.3, -0.25) is 4.79 Å². The van der Waals surface area contributed by atoms with Gasteiger partial charge in [-0.15, -0.1) is 0 Å². The molecule has 0 heterocycles. The zero-order valence-electron chi connectivity index (χ0n) is 11.7. The van der Waals surface area contributed by atoms with Gasteiger partial charge in [0.15, 0.2) is 0 Å². The summed E-state index contributed by atoms with van der Waals surface area (Å²) in [6.07, 6.45) is 1.53. The number of amides is 1. The van der Waals surface area contributed by atoms with E-state index in [1.54, 1.807) is 18.2 Å².